The van der Waals surface area contributed by atoms with E-state index in [1.807, 2.05) is 12.1 Å². The van der Waals surface area contributed by atoms with Crippen molar-refractivity contribution in [2.45, 2.75) is 64.5 Å². The van der Waals surface area contributed by atoms with E-state index in [0.29, 0.717) is 36.7 Å². The van der Waals surface area contributed by atoms with Crippen molar-refractivity contribution >= 4 is 5.96 Å². The van der Waals surface area contributed by atoms with Crippen molar-refractivity contribution < 1.29 is 9.15 Å². The zero-order valence-corrected chi connectivity index (χ0v) is 17.4. The first-order valence-electron chi connectivity index (χ1n) is 10.9. The molecule has 2 unspecified atom stereocenters. The van der Waals surface area contributed by atoms with Crippen molar-refractivity contribution in [1.82, 2.24) is 25.8 Å². The summed E-state index contributed by atoms with van der Waals surface area (Å²) < 4.78 is 11.4. The predicted molar refractivity (Wildman–Crippen MR) is 112 cm³/mol. The Morgan fingerprint density at radius 3 is 2.97 bits per heavy atom. The predicted octanol–water partition coefficient (Wildman–Crippen LogP) is 2.90. The number of furan rings is 1. The monoisotopic (exact) mass is 400 g/mol. The molecule has 2 aliphatic rings. The Morgan fingerprint density at radius 1 is 1.38 bits per heavy atom. The van der Waals surface area contributed by atoms with E-state index >= 15 is 0 Å². The van der Waals surface area contributed by atoms with E-state index in [9.17, 15) is 0 Å². The lowest BCUT2D eigenvalue weighted by Crippen LogP contribution is -2.65. The molecule has 0 bridgehead atoms. The van der Waals surface area contributed by atoms with E-state index in [1.165, 1.54) is 25.7 Å². The third-order valence-corrected chi connectivity index (χ3v) is 6.23. The first-order chi connectivity index (χ1) is 14.2. The minimum atomic E-state index is 0.287. The summed E-state index contributed by atoms with van der Waals surface area (Å²) in [6.07, 6.45) is 8.89. The Balaban J connectivity index is 1.35. The average Bonchev–Trinajstić information content (AvgIpc) is 3.48. The molecule has 3 N–H and O–H groups in total. The van der Waals surface area contributed by atoms with E-state index in [4.69, 9.17) is 14.1 Å². The zero-order valence-electron chi connectivity index (χ0n) is 17.4. The molecule has 0 saturated heterocycles. The van der Waals surface area contributed by atoms with Gasteiger partial charge in [0.1, 0.15) is 5.82 Å². The molecule has 0 radical (unpaired) electrons. The highest BCUT2D eigenvalue weighted by Crippen LogP contribution is 2.54. The van der Waals surface area contributed by atoms with Gasteiger partial charge < -0.3 is 19.8 Å². The molecule has 2 saturated carbocycles. The second-order valence-electron chi connectivity index (χ2n) is 7.91. The van der Waals surface area contributed by atoms with Gasteiger partial charge in [0.25, 0.3) is 0 Å². The van der Waals surface area contributed by atoms with Crippen molar-refractivity contribution in [2.75, 3.05) is 19.7 Å². The molecule has 0 amide bonds. The minimum absolute atomic E-state index is 0.287. The first kappa shape index (κ1) is 19.9. The van der Waals surface area contributed by atoms with Crippen LogP contribution in [-0.2, 0) is 11.2 Å². The Kier molecular flexibility index (Phi) is 6.18. The van der Waals surface area contributed by atoms with Crippen LogP contribution < -0.4 is 10.6 Å². The molecule has 2 aromatic heterocycles. The smallest absolute Gasteiger partial charge is 0.216 e. The maximum absolute atomic E-state index is 6.03. The number of hydrogen-bond acceptors (Lipinski definition) is 5. The highest BCUT2D eigenvalue weighted by molar-refractivity contribution is 5.80. The molecule has 2 fully saturated rings. The van der Waals surface area contributed by atoms with Crippen LogP contribution in [0.1, 0.15) is 51.8 Å². The van der Waals surface area contributed by atoms with E-state index in [-0.39, 0.29) is 5.41 Å². The quantitative estimate of drug-likeness (QED) is 0.465. The molecule has 8 heteroatoms. The van der Waals surface area contributed by atoms with Crippen LogP contribution in [0.4, 0.5) is 0 Å². The Hall–Kier alpha value is -2.35. The van der Waals surface area contributed by atoms with Gasteiger partial charge in [0, 0.05) is 37.6 Å². The van der Waals surface area contributed by atoms with E-state index in [2.05, 4.69) is 39.7 Å². The summed E-state index contributed by atoms with van der Waals surface area (Å²) >= 11 is 0. The van der Waals surface area contributed by atoms with Gasteiger partial charge >= 0.3 is 0 Å². The lowest BCUT2D eigenvalue weighted by molar-refractivity contribution is -0.125. The lowest BCUT2D eigenvalue weighted by atomic mass is 9.60. The van der Waals surface area contributed by atoms with Crippen molar-refractivity contribution in [3.05, 3.63) is 24.2 Å². The summed E-state index contributed by atoms with van der Waals surface area (Å²) in [6, 6.07) is 4.12. The van der Waals surface area contributed by atoms with Crippen LogP contribution in [0.15, 0.2) is 27.8 Å². The largest absolute Gasteiger partial charge is 0.461 e. The number of aromatic amines is 1. The summed E-state index contributed by atoms with van der Waals surface area (Å²) in [5.74, 6) is 2.94. The molecule has 29 heavy (non-hydrogen) atoms. The third-order valence-electron chi connectivity index (χ3n) is 6.23. The summed E-state index contributed by atoms with van der Waals surface area (Å²) in [5.41, 5.74) is 0.287. The molecule has 4 rings (SSSR count). The summed E-state index contributed by atoms with van der Waals surface area (Å²) in [6.45, 7) is 6.46. The zero-order chi connectivity index (χ0) is 20.1. The first-order valence-corrected chi connectivity index (χ1v) is 10.9. The fraction of sp³-hybridized carbons (Fsp3) is 0.667. The van der Waals surface area contributed by atoms with E-state index < -0.39 is 0 Å². The fourth-order valence-electron chi connectivity index (χ4n) is 4.77. The minimum Gasteiger partial charge on any atom is -0.461 e. The van der Waals surface area contributed by atoms with Gasteiger partial charge in [-0.1, -0.05) is 12.8 Å². The van der Waals surface area contributed by atoms with Gasteiger partial charge in [-0.05, 0) is 45.2 Å². The number of ether oxygens (including phenoxy) is 1. The number of nitrogens with one attached hydrogen (secondary N) is 3. The summed E-state index contributed by atoms with van der Waals surface area (Å²) in [5, 5.41) is 14.3. The molecular formula is C21H32N6O2. The summed E-state index contributed by atoms with van der Waals surface area (Å²) in [7, 11) is 0. The van der Waals surface area contributed by atoms with Crippen molar-refractivity contribution in [2.24, 2.45) is 10.4 Å². The van der Waals surface area contributed by atoms with Crippen LogP contribution in [0.2, 0.25) is 0 Å². The van der Waals surface area contributed by atoms with Crippen LogP contribution in [-0.4, -0.2) is 53.0 Å². The van der Waals surface area contributed by atoms with Gasteiger partial charge in [-0.15, -0.1) is 0 Å². The Morgan fingerprint density at radius 2 is 2.24 bits per heavy atom. The number of aliphatic imine (C=N–C) groups is 1. The molecule has 2 aliphatic carbocycles. The van der Waals surface area contributed by atoms with Gasteiger partial charge in [0.05, 0.1) is 12.4 Å². The fourth-order valence-corrected chi connectivity index (χ4v) is 4.77. The molecule has 158 valence electrons. The van der Waals surface area contributed by atoms with Crippen molar-refractivity contribution in [3.63, 3.8) is 0 Å². The molecule has 8 nitrogen and oxygen atoms in total. The van der Waals surface area contributed by atoms with Crippen LogP contribution in [0, 0.1) is 5.41 Å². The Labute approximate surface area is 171 Å². The number of hydrogen-bond donors (Lipinski definition) is 3. The number of guanidine groups is 1. The lowest BCUT2D eigenvalue weighted by Gasteiger charge is -2.54. The normalized spacial score (nSPS) is 23.3. The number of H-pyrrole nitrogens is 1. The molecule has 2 atom stereocenters. The highest BCUT2D eigenvalue weighted by atomic mass is 16.5. The van der Waals surface area contributed by atoms with Crippen LogP contribution in [0.25, 0.3) is 11.6 Å². The maximum Gasteiger partial charge on any atom is 0.216 e. The number of nitrogens with zero attached hydrogens (tertiary/aromatic N) is 3. The highest BCUT2D eigenvalue weighted by Gasteiger charge is 2.56. The van der Waals surface area contributed by atoms with Gasteiger partial charge in [0.15, 0.2) is 11.7 Å². The van der Waals surface area contributed by atoms with Crippen LogP contribution in [0.3, 0.4) is 0 Å². The second-order valence-corrected chi connectivity index (χ2v) is 7.91. The molecule has 0 aromatic carbocycles. The van der Waals surface area contributed by atoms with Crippen molar-refractivity contribution in [1.29, 1.82) is 0 Å². The average molecular weight is 401 g/mol. The van der Waals surface area contributed by atoms with Crippen LogP contribution in [0.5, 0.6) is 0 Å². The van der Waals surface area contributed by atoms with Gasteiger partial charge in [-0.2, -0.15) is 5.10 Å². The van der Waals surface area contributed by atoms with E-state index in [0.717, 1.165) is 31.4 Å². The van der Waals surface area contributed by atoms with Gasteiger partial charge in [-0.3, -0.25) is 10.1 Å². The molecule has 2 aromatic rings. The third kappa shape index (κ3) is 4.17. The second kappa shape index (κ2) is 8.98. The molecular weight excluding hydrogens is 368 g/mol. The SMILES string of the molecule is CCNC(=NCCc1nc(-c2ccco2)n[nH]1)NC1CC(OCC)C12CCCC2. The Bertz CT molecular complexity index is 794. The molecule has 2 heterocycles. The van der Waals surface area contributed by atoms with E-state index in [1.54, 1.807) is 6.26 Å². The number of aromatic nitrogens is 3. The van der Waals surface area contributed by atoms with Crippen molar-refractivity contribution in [3.8, 4) is 11.6 Å². The van der Waals surface area contributed by atoms with Gasteiger partial charge in [-0.25, -0.2) is 4.98 Å². The number of rotatable bonds is 8. The molecule has 0 aliphatic heterocycles. The standard InChI is InChI=1S/C21H32N6O2/c1-3-22-20(24-16-14-17(28-4-2)21(16)10-5-6-11-21)23-12-9-18-25-19(27-26-18)15-8-7-13-29-15/h7-8,13,16-17H,3-6,9-12,14H2,1-2H3,(H2,22,23,24)(H,25,26,27). The topological polar surface area (TPSA) is 100 Å². The summed E-state index contributed by atoms with van der Waals surface area (Å²) in [4.78, 5) is 9.26. The van der Waals surface area contributed by atoms with Gasteiger partial charge in [0.2, 0.25) is 5.82 Å². The van der Waals surface area contributed by atoms with Crippen LogP contribution >= 0.6 is 0 Å². The molecule has 1 spiro atoms. The maximum atomic E-state index is 6.03.